The van der Waals surface area contributed by atoms with E-state index in [1.54, 1.807) is 66.7 Å². The average Bonchev–Trinajstić information content (AvgIpc) is 2.96. The van der Waals surface area contributed by atoms with Gasteiger partial charge in [-0.05, 0) is 28.3 Å². The standard InChI is InChI=1S/C30H18BF5O3/c32-22-17-23(33)28(35)30(27(22)34)39-31(37)38-24-16-21(18-10-4-1-5-11-18)25(19-12-6-2-7-13-19)26(29(24)36)20-14-8-3-9-15-20/h1-17,37H. The molecule has 0 fully saturated rings. The molecule has 0 aliphatic rings. The van der Waals surface area contributed by atoms with Gasteiger partial charge in [-0.15, -0.1) is 0 Å². The van der Waals surface area contributed by atoms with Crippen molar-refractivity contribution in [1.29, 1.82) is 0 Å². The Bertz CT molecular complexity index is 1590. The van der Waals surface area contributed by atoms with Crippen LogP contribution in [0.25, 0.3) is 33.4 Å². The Morgan fingerprint density at radius 2 is 0.974 bits per heavy atom. The van der Waals surface area contributed by atoms with E-state index in [1.165, 1.54) is 6.07 Å². The van der Waals surface area contributed by atoms with Gasteiger partial charge in [0.1, 0.15) is 5.75 Å². The summed E-state index contributed by atoms with van der Waals surface area (Å²) >= 11 is 0. The third-order valence-corrected chi connectivity index (χ3v) is 5.96. The highest BCUT2D eigenvalue weighted by atomic mass is 19.2. The van der Waals surface area contributed by atoms with Gasteiger partial charge < -0.3 is 14.3 Å². The second-order valence-corrected chi connectivity index (χ2v) is 8.42. The van der Waals surface area contributed by atoms with Crippen LogP contribution in [0.1, 0.15) is 0 Å². The van der Waals surface area contributed by atoms with Crippen molar-refractivity contribution < 1.29 is 36.3 Å². The molecule has 0 aromatic heterocycles. The Morgan fingerprint density at radius 1 is 0.513 bits per heavy atom. The lowest BCUT2D eigenvalue weighted by atomic mass is 9.86. The smallest absolute Gasteiger partial charge is 0.498 e. The van der Waals surface area contributed by atoms with Crippen LogP contribution < -0.4 is 9.31 Å². The van der Waals surface area contributed by atoms with Gasteiger partial charge in [-0.3, -0.25) is 0 Å². The molecule has 0 aliphatic heterocycles. The molecule has 1 N–H and O–H groups in total. The molecular formula is C30H18BF5O3. The van der Waals surface area contributed by atoms with Crippen molar-refractivity contribution in [2.75, 3.05) is 0 Å². The number of halogens is 5. The van der Waals surface area contributed by atoms with Gasteiger partial charge in [0, 0.05) is 17.2 Å². The lowest BCUT2D eigenvalue weighted by Gasteiger charge is -2.21. The lowest BCUT2D eigenvalue weighted by molar-refractivity contribution is 0.272. The fraction of sp³-hybridized carbons (Fsp3) is 0. The van der Waals surface area contributed by atoms with Crippen molar-refractivity contribution in [2.24, 2.45) is 0 Å². The number of hydrogen-bond acceptors (Lipinski definition) is 3. The zero-order chi connectivity index (χ0) is 27.5. The molecule has 0 heterocycles. The number of hydrogen-bond donors (Lipinski definition) is 1. The van der Waals surface area contributed by atoms with E-state index in [0.29, 0.717) is 27.8 Å². The van der Waals surface area contributed by atoms with E-state index in [0.717, 1.165) is 0 Å². The second kappa shape index (κ2) is 11.0. The molecule has 0 atom stereocenters. The summed E-state index contributed by atoms with van der Waals surface area (Å²) in [6, 6.07) is 27.9. The van der Waals surface area contributed by atoms with Crippen LogP contribution in [-0.2, 0) is 0 Å². The molecule has 5 aromatic rings. The number of rotatable bonds is 7. The van der Waals surface area contributed by atoms with Gasteiger partial charge in [-0.1, -0.05) is 91.0 Å². The zero-order valence-electron chi connectivity index (χ0n) is 20.0. The Hall–Kier alpha value is -4.63. The highest BCUT2D eigenvalue weighted by Crippen LogP contribution is 2.45. The molecule has 0 unspecified atom stereocenters. The van der Waals surface area contributed by atoms with E-state index in [-0.39, 0.29) is 11.6 Å². The summed E-state index contributed by atoms with van der Waals surface area (Å²) in [7, 11) is -2.53. The fourth-order valence-corrected chi connectivity index (χ4v) is 4.23. The molecule has 5 aromatic carbocycles. The number of benzene rings is 5. The Balaban J connectivity index is 1.68. The molecule has 194 valence electrons. The molecule has 39 heavy (non-hydrogen) atoms. The maximum Gasteiger partial charge on any atom is 0.785 e. The van der Waals surface area contributed by atoms with Crippen LogP contribution in [0.3, 0.4) is 0 Å². The van der Waals surface area contributed by atoms with Crippen LogP contribution in [0, 0.1) is 29.1 Å². The normalized spacial score (nSPS) is 10.8. The average molecular weight is 532 g/mol. The van der Waals surface area contributed by atoms with Crippen LogP contribution in [-0.4, -0.2) is 12.3 Å². The molecule has 9 heteroatoms. The maximum absolute atomic E-state index is 16.2. The molecule has 0 bridgehead atoms. The third-order valence-electron chi connectivity index (χ3n) is 5.96. The monoisotopic (exact) mass is 532 g/mol. The predicted molar refractivity (Wildman–Crippen MR) is 138 cm³/mol. The zero-order valence-corrected chi connectivity index (χ0v) is 20.0. The molecule has 0 radical (unpaired) electrons. The summed E-state index contributed by atoms with van der Waals surface area (Å²) in [5, 5.41) is 10.3. The maximum atomic E-state index is 16.2. The topological polar surface area (TPSA) is 38.7 Å². The van der Waals surface area contributed by atoms with Crippen LogP contribution in [0.2, 0.25) is 0 Å². The molecule has 5 rings (SSSR count). The Labute approximate surface area is 220 Å². The van der Waals surface area contributed by atoms with Crippen LogP contribution >= 0.6 is 0 Å². The van der Waals surface area contributed by atoms with Gasteiger partial charge in [0.05, 0.1) is 0 Å². The first-order valence-electron chi connectivity index (χ1n) is 11.7. The largest absolute Gasteiger partial charge is 0.785 e. The van der Waals surface area contributed by atoms with E-state index in [1.807, 2.05) is 24.3 Å². The minimum absolute atomic E-state index is 0.00892. The van der Waals surface area contributed by atoms with E-state index in [2.05, 4.69) is 4.65 Å². The van der Waals surface area contributed by atoms with Crippen LogP contribution in [0.4, 0.5) is 22.0 Å². The quantitative estimate of drug-likeness (QED) is 0.132. The summed E-state index contributed by atoms with van der Waals surface area (Å²) in [5.74, 6) is -10.2. The lowest BCUT2D eigenvalue weighted by Crippen LogP contribution is -2.31. The minimum Gasteiger partial charge on any atom is -0.498 e. The van der Waals surface area contributed by atoms with Crippen molar-refractivity contribution in [3.63, 3.8) is 0 Å². The fourth-order valence-electron chi connectivity index (χ4n) is 4.23. The molecule has 0 aliphatic carbocycles. The van der Waals surface area contributed by atoms with Gasteiger partial charge in [0.25, 0.3) is 0 Å². The molecule has 0 saturated heterocycles. The summed E-state index contributed by atoms with van der Waals surface area (Å²) in [6.07, 6.45) is 0. The highest BCUT2D eigenvalue weighted by molar-refractivity contribution is 6.36. The van der Waals surface area contributed by atoms with Gasteiger partial charge in [0.15, 0.2) is 23.2 Å². The minimum atomic E-state index is -2.53. The summed E-state index contributed by atoms with van der Waals surface area (Å²) < 4.78 is 81.5. The first-order valence-corrected chi connectivity index (χ1v) is 11.7. The van der Waals surface area contributed by atoms with Crippen molar-refractivity contribution in [2.45, 2.75) is 0 Å². The summed E-state index contributed by atoms with van der Waals surface area (Å²) in [5.41, 5.74) is 3.02. The molecular weight excluding hydrogens is 514 g/mol. The van der Waals surface area contributed by atoms with Crippen LogP contribution in [0.15, 0.2) is 103 Å². The van der Waals surface area contributed by atoms with Gasteiger partial charge in [0.2, 0.25) is 11.6 Å². The van der Waals surface area contributed by atoms with Gasteiger partial charge in [-0.2, -0.15) is 8.78 Å². The first-order chi connectivity index (χ1) is 18.8. The van der Waals surface area contributed by atoms with Crippen molar-refractivity contribution in [3.05, 3.63) is 132 Å². The van der Waals surface area contributed by atoms with Crippen molar-refractivity contribution in [3.8, 4) is 44.9 Å². The molecule has 0 amide bonds. The summed E-state index contributed by atoms with van der Waals surface area (Å²) in [6.45, 7) is 0. The third kappa shape index (κ3) is 5.21. The molecule has 0 saturated carbocycles. The van der Waals surface area contributed by atoms with Crippen molar-refractivity contribution >= 4 is 7.32 Å². The Morgan fingerprint density at radius 3 is 1.49 bits per heavy atom. The Kier molecular flexibility index (Phi) is 7.34. The van der Waals surface area contributed by atoms with Crippen molar-refractivity contribution in [1.82, 2.24) is 0 Å². The van der Waals surface area contributed by atoms with E-state index in [9.17, 15) is 22.6 Å². The van der Waals surface area contributed by atoms with Gasteiger partial charge in [-0.25, -0.2) is 13.2 Å². The summed E-state index contributed by atoms with van der Waals surface area (Å²) in [4.78, 5) is 0. The van der Waals surface area contributed by atoms with Crippen LogP contribution in [0.5, 0.6) is 11.5 Å². The molecule has 3 nitrogen and oxygen atoms in total. The predicted octanol–water partition coefficient (Wildman–Crippen LogP) is 7.82. The second-order valence-electron chi connectivity index (χ2n) is 8.42. The van der Waals surface area contributed by atoms with E-state index < -0.39 is 47.9 Å². The first kappa shape index (κ1) is 26.0. The van der Waals surface area contributed by atoms with E-state index in [4.69, 9.17) is 4.65 Å². The van der Waals surface area contributed by atoms with Gasteiger partial charge >= 0.3 is 7.32 Å². The SMILES string of the molecule is OB(Oc1cc(-c2ccccc2)c(-c2ccccc2)c(-c2ccccc2)c1F)Oc1c(F)c(F)cc(F)c1F. The molecule has 0 spiro atoms. The van der Waals surface area contributed by atoms with E-state index >= 15 is 4.39 Å². The highest BCUT2D eigenvalue weighted by Gasteiger charge is 2.31.